The van der Waals surface area contributed by atoms with Crippen molar-refractivity contribution in [2.24, 2.45) is 5.10 Å². The van der Waals surface area contributed by atoms with E-state index in [-0.39, 0.29) is 6.54 Å². The van der Waals surface area contributed by atoms with Crippen molar-refractivity contribution in [1.82, 2.24) is 5.43 Å². The number of sulfonamides is 1. The number of hydrogen-bond donors (Lipinski definition) is 1. The molecule has 0 saturated carbocycles. The maximum absolute atomic E-state index is 12.2. The number of nitrogens with zero attached hydrogens (tertiary/aromatic N) is 3. The molecule has 0 bridgehead atoms. The lowest BCUT2D eigenvalue weighted by molar-refractivity contribution is -0.119. The van der Waals surface area contributed by atoms with Crippen LogP contribution in [0.1, 0.15) is 19.4 Å². The summed E-state index contributed by atoms with van der Waals surface area (Å²) >= 11 is 2.13. The van der Waals surface area contributed by atoms with Crippen molar-refractivity contribution in [2.75, 3.05) is 35.1 Å². The van der Waals surface area contributed by atoms with Crippen LogP contribution in [0.3, 0.4) is 0 Å². The lowest BCUT2D eigenvalue weighted by atomic mass is 10.2. The summed E-state index contributed by atoms with van der Waals surface area (Å²) in [5.41, 5.74) is 4.77. The molecule has 0 fully saturated rings. The van der Waals surface area contributed by atoms with Gasteiger partial charge in [0.1, 0.15) is 6.54 Å². The average molecular weight is 528 g/mol. The molecule has 7 nitrogen and oxygen atoms in total. The molecule has 0 spiro atoms. The molecule has 0 atom stereocenters. The molecule has 2 rings (SSSR count). The van der Waals surface area contributed by atoms with Crippen LogP contribution in [0, 0.1) is 3.57 Å². The van der Waals surface area contributed by atoms with E-state index in [1.165, 1.54) is 6.21 Å². The number of rotatable bonds is 9. The lowest BCUT2D eigenvalue weighted by Crippen LogP contribution is -2.39. The van der Waals surface area contributed by atoms with Gasteiger partial charge in [0.25, 0.3) is 5.91 Å². The molecule has 9 heteroatoms. The van der Waals surface area contributed by atoms with Crippen LogP contribution in [0.4, 0.5) is 11.4 Å². The van der Waals surface area contributed by atoms with Gasteiger partial charge in [0.2, 0.25) is 10.0 Å². The number of carbonyl (C=O) groups excluding carboxylic acids is 1. The smallest absolute Gasteiger partial charge is 0.260 e. The molecule has 156 valence electrons. The Morgan fingerprint density at radius 3 is 2.10 bits per heavy atom. The number of hydrazone groups is 1. The fourth-order valence-corrected chi connectivity index (χ4v) is 3.93. The number of anilines is 2. The van der Waals surface area contributed by atoms with Gasteiger partial charge >= 0.3 is 0 Å². The quantitative estimate of drug-likeness (QED) is 0.308. The monoisotopic (exact) mass is 528 g/mol. The second kappa shape index (κ2) is 10.6. The van der Waals surface area contributed by atoms with Crippen molar-refractivity contribution < 1.29 is 13.2 Å². The Kier molecular flexibility index (Phi) is 8.45. The van der Waals surface area contributed by atoms with E-state index in [1.54, 1.807) is 24.3 Å². The molecule has 0 unspecified atom stereocenters. The van der Waals surface area contributed by atoms with Crippen molar-refractivity contribution in [3.05, 3.63) is 57.7 Å². The maximum atomic E-state index is 12.2. The number of amides is 1. The van der Waals surface area contributed by atoms with E-state index in [2.05, 4.69) is 51.9 Å². The van der Waals surface area contributed by atoms with Crippen LogP contribution in [0.15, 0.2) is 53.6 Å². The average Bonchev–Trinajstić information content (AvgIpc) is 2.68. The topological polar surface area (TPSA) is 82.1 Å². The van der Waals surface area contributed by atoms with Gasteiger partial charge in [-0.2, -0.15) is 5.10 Å². The molecule has 29 heavy (non-hydrogen) atoms. The number of hydrogen-bond acceptors (Lipinski definition) is 5. The highest BCUT2D eigenvalue weighted by Crippen LogP contribution is 2.19. The molecule has 0 heterocycles. The van der Waals surface area contributed by atoms with Crippen molar-refractivity contribution in [2.45, 2.75) is 13.8 Å². The van der Waals surface area contributed by atoms with Crippen molar-refractivity contribution in [3.63, 3.8) is 0 Å². The lowest BCUT2D eigenvalue weighted by Gasteiger charge is -2.21. The highest BCUT2D eigenvalue weighted by atomic mass is 127. The molecule has 0 saturated heterocycles. The summed E-state index contributed by atoms with van der Waals surface area (Å²) in [6.45, 7) is 5.71. The largest absolute Gasteiger partial charge is 0.372 e. The summed E-state index contributed by atoms with van der Waals surface area (Å²) in [5, 5.41) is 3.94. The zero-order valence-corrected chi connectivity index (χ0v) is 19.6. The van der Waals surface area contributed by atoms with Gasteiger partial charge < -0.3 is 4.90 Å². The maximum Gasteiger partial charge on any atom is 0.260 e. The first-order valence-corrected chi connectivity index (χ1v) is 12.1. The van der Waals surface area contributed by atoms with Gasteiger partial charge in [0, 0.05) is 22.3 Å². The molecule has 0 aliphatic carbocycles. The van der Waals surface area contributed by atoms with Crippen molar-refractivity contribution >= 4 is 56.1 Å². The van der Waals surface area contributed by atoms with Gasteiger partial charge in [0.05, 0.1) is 18.2 Å². The fourth-order valence-electron chi connectivity index (χ4n) is 2.71. The molecule has 1 amide bonds. The number of nitrogens with one attached hydrogen (secondary N) is 1. The molecular weight excluding hydrogens is 503 g/mol. The van der Waals surface area contributed by atoms with Gasteiger partial charge in [-0.1, -0.05) is 12.1 Å². The Morgan fingerprint density at radius 2 is 1.59 bits per heavy atom. The van der Waals surface area contributed by atoms with Crippen LogP contribution in [0.25, 0.3) is 0 Å². The van der Waals surface area contributed by atoms with E-state index in [4.69, 9.17) is 0 Å². The molecular formula is C20H25IN4O3S. The molecule has 0 aromatic heterocycles. The highest BCUT2D eigenvalue weighted by Gasteiger charge is 2.20. The van der Waals surface area contributed by atoms with Gasteiger partial charge in [-0.05, 0) is 78.4 Å². The minimum Gasteiger partial charge on any atom is -0.372 e. The number of halogens is 1. The number of benzene rings is 2. The van der Waals surface area contributed by atoms with Crippen LogP contribution >= 0.6 is 22.6 Å². The minimum atomic E-state index is -3.61. The summed E-state index contributed by atoms with van der Waals surface area (Å²) in [4.78, 5) is 14.4. The second-order valence-corrected chi connectivity index (χ2v) is 9.46. The van der Waals surface area contributed by atoms with Crippen LogP contribution < -0.4 is 14.6 Å². The predicted octanol–water partition coefficient (Wildman–Crippen LogP) is 3.05. The van der Waals surface area contributed by atoms with Gasteiger partial charge in [-0.3, -0.25) is 9.10 Å². The van der Waals surface area contributed by atoms with Gasteiger partial charge in [-0.25, -0.2) is 13.8 Å². The molecule has 1 N–H and O–H groups in total. The standard InChI is InChI=1S/C20H25IN4O3S/c1-4-24(5-2)18-10-6-16(7-11-18)14-22-23-20(26)15-25(29(3,27)28)19-12-8-17(21)9-13-19/h6-14H,4-5,15H2,1-3H3,(H,23,26)/b22-14-. The van der Waals surface area contributed by atoms with Crippen LogP contribution in [0.2, 0.25) is 0 Å². The minimum absolute atomic E-state index is 0.350. The van der Waals surface area contributed by atoms with Gasteiger partial charge in [-0.15, -0.1) is 0 Å². The van der Waals surface area contributed by atoms with E-state index in [9.17, 15) is 13.2 Å². The molecule has 0 aliphatic heterocycles. The van der Waals surface area contributed by atoms with E-state index < -0.39 is 15.9 Å². The van der Waals surface area contributed by atoms with E-state index in [0.29, 0.717) is 5.69 Å². The summed E-state index contributed by atoms with van der Waals surface area (Å²) in [6, 6.07) is 14.7. The summed E-state index contributed by atoms with van der Waals surface area (Å²) in [5.74, 6) is -0.523. The fraction of sp³-hybridized carbons (Fsp3) is 0.300. The van der Waals surface area contributed by atoms with E-state index >= 15 is 0 Å². The Hall–Kier alpha value is -2.14. The third-order valence-corrected chi connectivity index (χ3v) is 6.09. The Morgan fingerprint density at radius 1 is 1.03 bits per heavy atom. The van der Waals surface area contributed by atoms with Crippen molar-refractivity contribution in [3.8, 4) is 0 Å². The normalized spacial score (nSPS) is 11.4. The summed E-state index contributed by atoms with van der Waals surface area (Å²) in [6.07, 6.45) is 2.60. The van der Waals surface area contributed by atoms with Crippen LogP contribution in [0.5, 0.6) is 0 Å². The highest BCUT2D eigenvalue weighted by molar-refractivity contribution is 14.1. The Labute approximate surface area is 186 Å². The SMILES string of the molecule is CCN(CC)c1ccc(/C=N\NC(=O)CN(c2ccc(I)cc2)S(C)(=O)=O)cc1. The zero-order valence-electron chi connectivity index (χ0n) is 16.7. The summed E-state index contributed by atoms with van der Waals surface area (Å²) in [7, 11) is -3.61. The van der Waals surface area contributed by atoms with E-state index in [0.717, 1.165) is 38.5 Å². The van der Waals surface area contributed by atoms with Crippen LogP contribution in [-0.2, 0) is 14.8 Å². The molecule has 2 aromatic rings. The first-order chi connectivity index (χ1) is 13.7. The van der Waals surface area contributed by atoms with Crippen LogP contribution in [-0.4, -0.2) is 46.4 Å². The first kappa shape index (κ1) is 23.1. The Balaban J connectivity index is 2.01. The first-order valence-electron chi connectivity index (χ1n) is 9.14. The van der Waals surface area contributed by atoms with Gasteiger partial charge in [0.15, 0.2) is 0 Å². The second-order valence-electron chi connectivity index (χ2n) is 6.30. The zero-order chi connectivity index (χ0) is 21.4. The summed E-state index contributed by atoms with van der Waals surface area (Å²) < 4.78 is 26.2. The predicted molar refractivity (Wildman–Crippen MR) is 127 cm³/mol. The molecule has 0 radical (unpaired) electrons. The Bertz CT molecular complexity index is 941. The molecule has 2 aromatic carbocycles. The van der Waals surface area contributed by atoms with Crippen molar-refractivity contribution in [1.29, 1.82) is 0 Å². The third-order valence-electron chi connectivity index (χ3n) is 4.23. The van der Waals surface area contributed by atoms with E-state index in [1.807, 2.05) is 24.3 Å². The molecule has 0 aliphatic rings. The number of carbonyl (C=O) groups is 1. The third kappa shape index (κ3) is 7.00.